The summed E-state index contributed by atoms with van der Waals surface area (Å²) in [4.78, 5) is 28.4. The summed E-state index contributed by atoms with van der Waals surface area (Å²) >= 11 is 0. The molecule has 1 atom stereocenters. The second-order valence-corrected chi connectivity index (χ2v) is 7.36. The Morgan fingerprint density at radius 2 is 2.08 bits per heavy atom. The van der Waals surface area contributed by atoms with E-state index in [0.717, 1.165) is 31.6 Å². The SMILES string of the molecule is CC1(CN)CCN(C(=O)CCCN2C(=O)CCc3ccccc32)C1. The maximum absolute atomic E-state index is 12.4. The zero-order valence-electron chi connectivity index (χ0n) is 14.5. The molecule has 1 fully saturated rings. The first kappa shape index (κ1) is 17.0. The minimum absolute atomic E-state index is 0.0669. The van der Waals surface area contributed by atoms with E-state index in [-0.39, 0.29) is 17.2 Å². The fourth-order valence-corrected chi connectivity index (χ4v) is 3.69. The molecule has 1 unspecified atom stereocenters. The second-order valence-electron chi connectivity index (χ2n) is 7.36. The highest BCUT2D eigenvalue weighted by atomic mass is 16.2. The van der Waals surface area contributed by atoms with E-state index >= 15 is 0 Å². The number of aryl methyl sites for hydroxylation is 1. The monoisotopic (exact) mass is 329 g/mol. The van der Waals surface area contributed by atoms with Gasteiger partial charge >= 0.3 is 0 Å². The van der Waals surface area contributed by atoms with Gasteiger partial charge in [0, 0.05) is 38.2 Å². The van der Waals surface area contributed by atoms with Crippen molar-refractivity contribution in [3.05, 3.63) is 29.8 Å². The van der Waals surface area contributed by atoms with Crippen LogP contribution in [0.5, 0.6) is 0 Å². The van der Waals surface area contributed by atoms with Gasteiger partial charge in [-0.1, -0.05) is 25.1 Å². The van der Waals surface area contributed by atoms with Crippen LogP contribution in [-0.2, 0) is 16.0 Å². The van der Waals surface area contributed by atoms with Crippen molar-refractivity contribution in [2.45, 2.75) is 39.0 Å². The lowest BCUT2D eigenvalue weighted by Crippen LogP contribution is -2.37. The van der Waals surface area contributed by atoms with Crippen LogP contribution in [0.3, 0.4) is 0 Å². The van der Waals surface area contributed by atoms with Crippen LogP contribution in [0.25, 0.3) is 0 Å². The highest BCUT2D eigenvalue weighted by Crippen LogP contribution is 2.30. The average Bonchev–Trinajstić information content (AvgIpc) is 3.00. The first-order valence-electron chi connectivity index (χ1n) is 8.88. The van der Waals surface area contributed by atoms with Gasteiger partial charge in [0.15, 0.2) is 0 Å². The molecule has 24 heavy (non-hydrogen) atoms. The maximum atomic E-state index is 12.4. The highest BCUT2D eigenvalue weighted by molar-refractivity contribution is 5.96. The van der Waals surface area contributed by atoms with Gasteiger partial charge in [-0.3, -0.25) is 9.59 Å². The third kappa shape index (κ3) is 3.46. The van der Waals surface area contributed by atoms with E-state index in [1.54, 1.807) is 0 Å². The third-order valence-corrected chi connectivity index (χ3v) is 5.37. The molecule has 0 spiro atoms. The van der Waals surface area contributed by atoms with E-state index < -0.39 is 0 Å². The summed E-state index contributed by atoms with van der Waals surface area (Å²) < 4.78 is 0. The molecule has 1 aromatic rings. The first-order valence-corrected chi connectivity index (χ1v) is 8.88. The van der Waals surface area contributed by atoms with Gasteiger partial charge in [0.2, 0.25) is 11.8 Å². The Hall–Kier alpha value is -1.88. The largest absolute Gasteiger partial charge is 0.342 e. The number of amides is 2. The molecule has 2 heterocycles. The van der Waals surface area contributed by atoms with Crippen LogP contribution in [-0.4, -0.2) is 42.9 Å². The number of hydrogen-bond acceptors (Lipinski definition) is 3. The van der Waals surface area contributed by atoms with Gasteiger partial charge < -0.3 is 15.5 Å². The molecule has 5 heteroatoms. The second kappa shape index (κ2) is 6.93. The minimum atomic E-state index is 0.0669. The lowest BCUT2D eigenvalue weighted by Gasteiger charge is -2.29. The van der Waals surface area contributed by atoms with Crippen molar-refractivity contribution < 1.29 is 9.59 Å². The first-order chi connectivity index (χ1) is 11.5. The van der Waals surface area contributed by atoms with Gasteiger partial charge in [0.1, 0.15) is 0 Å². The fourth-order valence-electron chi connectivity index (χ4n) is 3.69. The van der Waals surface area contributed by atoms with E-state index in [4.69, 9.17) is 5.73 Å². The van der Waals surface area contributed by atoms with Crippen LogP contribution >= 0.6 is 0 Å². The Morgan fingerprint density at radius 1 is 1.29 bits per heavy atom. The van der Waals surface area contributed by atoms with Gasteiger partial charge in [-0.25, -0.2) is 0 Å². The molecule has 2 aliphatic heterocycles. The molecule has 2 N–H and O–H groups in total. The Morgan fingerprint density at radius 3 is 2.83 bits per heavy atom. The van der Waals surface area contributed by atoms with Gasteiger partial charge in [0.25, 0.3) is 0 Å². The summed E-state index contributed by atoms with van der Waals surface area (Å²) in [6.45, 7) is 4.94. The molecule has 0 bridgehead atoms. The predicted octanol–water partition coefficient (Wildman–Crippen LogP) is 1.94. The average molecular weight is 329 g/mol. The van der Waals surface area contributed by atoms with Crippen LogP contribution in [0, 0.1) is 5.41 Å². The number of rotatable bonds is 5. The lowest BCUT2D eigenvalue weighted by atomic mass is 9.90. The normalized spacial score (nSPS) is 23.5. The van der Waals surface area contributed by atoms with Crippen LogP contribution in [0.2, 0.25) is 0 Å². The fraction of sp³-hybridized carbons (Fsp3) is 0.579. The van der Waals surface area contributed by atoms with E-state index in [2.05, 4.69) is 13.0 Å². The number of likely N-dealkylation sites (tertiary alicyclic amines) is 1. The van der Waals surface area contributed by atoms with Crippen molar-refractivity contribution in [1.29, 1.82) is 0 Å². The molecule has 130 valence electrons. The summed E-state index contributed by atoms with van der Waals surface area (Å²) in [5, 5.41) is 0. The van der Waals surface area contributed by atoms with E-state index in [1.807, 2.05) is 28.0 Å². The molecule has 5 nitrogen and oxygen atoms in total. The van der Waals surface area contributed by atoms with Crippen LogP contribution in [0.15, 0.2) is 24.3 Å². The lowest BCUT2D eigenvalue weighted by molar-refractivity contribution is -0.130. The van der Waals surface area contributed by atoms with E-state index in [1.165, 1.54) is 5.56 Å². The maximum Gasteiger partial charge on any atom is 0.227 e. The number of nitrogens with two attached hydrogens (primary N) is 1. The molecule has 0 saturated carbocycles. The summed E-state index contributed by atoms with van der Waals surface area (Å²) in [5.41, 5.74) is 8.11. The molecular formula is C19H27N3O2. The number of nitrogens with zero attached hydrogens (tertiary/aromatic N) is 2. The standard InChI is InChI=1S/C19H27N3O2/c1-19(13-20)10-12-21(14-19)17(23)7-4-11-22-16-6-3-2-5-15(16)8-9-18(22)24/h2-3,5-6H,4,7-14,20H2,1H3. The van der Waals surface area contributed by atoms with Crippen molar-refractivity contribution >= 4 is 17.5 Å². The number of carbonyl (C=O) groups is 2. The number of hydrogen-bond donors (Lipinski definition) is 1. The van der Waals surface area contributed by atoms with Gasteiger partial charge in [-0.15, -0.1) is 0 Å². The highest BCUT2D eigenvalue weighted by Gasteiger charge is 2.34. The summed E-state index contributed by atoms with van der Waals surface area (Å²) in [6, 6.07) is 8.06. The zero-order valence-corrected chi connectivity index (χ0v) is 14.5. The summed E-state index contributed by atoms with van der Waals surface area (Å²) in [7, 11) is 0. The Bertz CT molecular complexity index is 631. The quantitative estimate of drug-likeness (QED) is 0.898. The molecule has 0 aromatic heterocycles. The number of benzene rings is 1. The van der Waals surface area contributed by atoms with Gasteiger partial charge in [-0.05, 0) is 42.9 Å². The van der Waals surface area contributed by atoms with Crippen LogP contribution in [0.1, 0.15) is 38.2 Å². The van der Waals surface area contributed by atoms with E-state index in [9.17, 15) is 9.59 Å². The van der Waals surface area contributed by atoms with Crippen molar-refractivity contribution in [3.8, 4) is 0 Å². The number of anilines is 1. The van der Waals surface area contributed by atoms with Crippen molar-refractivity contribution in [2.75, 3.05) is 31.1 Å². The third-order valence-electron chi connectivity index (χ3n) is 5.37. The Balaban J connectivity index is 1.53. The number of fused-ring (bicyclic) bond motifs is 1. The smallest absolute Gasteiger partial charge is 0.227 e. The minimum Gasteiger partial charge on any atom is -0.342 e. The van der Waals surface area contributed by atoms with Gasteiger partial charge in [-0.2, -0.15) is 0 Å². The molecule has 1 saturated heterocycles. The van der Waals surface area contributed by atoms with Crippen LogP contribution in [0.4, 0.5) is 5.69 Å². The molecule has 3 rings (SSSR count). The molecule has 0 radical (unpaired) electrons. The molecule has 1 aromatic carbocycles. The van der Waals surface area contributed by atoms with Crippen molar-refractivity contribution in [2.24, 2.45) is 11.1 Å². The van der Waals surface area contributed by atoms with Crippen molar-refractivity contribution in [3.63, 3.8) is 0 Å². The van der Waals surface area contributed by atoms with Crippen LogP contribution < -0.4 is 10.6 Å². The summed E-state index contributed by atoms with van der Waals surface area (Å²) in [5.74, 6) is 0.350. The topological polar surface area (TPSA) is 66.6 Å². The Kier molecular flexibility index (Phi) is 4.90. The number of para-hydroxylation sites is 1. The number of carbonyl (C=O) groups excluding carboxylic acids is 2. The zero-order chi connectivity index (χ0) is 17.2. The summed E-state index contributed by atoms with van der Waals surface area (Å²) in [6.07, 6.45) is 3.55. The molecule has 2 amide bonds. The van der Waals surface area contributed by atoms with Crippen molar-refractivity contribution in [1.82, 2.24) is 4.90 Å². The molecule has 0 aliphatic carbocycles. The molecule has 2 aliphatic rings. The van der Waals surface area contributed by atoms with E-state index in [0.29, 0.717) is 32.4 Å². The molecular weight excluding hydrogens is 302 g/mol. The van der Waals surface area contributed by atoms with Gasteiger partial charge in [0.05, 0.1) is 0 Å². The predicted molar refractivity (Wildman–Crippen MR) is 94.7 cm³/mol. The Labute approximate surface area is 143 Å².